The zero-order valence-electron chi connectivity index (χ0n) is 9.50. The van der Waals surface area contributed by atoms with E-state index in [0.717, 1.165) is 18.5 Å². The van der Waals surface area contributed by atoms with Crippen molar-refractivity contribution in [1.29, 1.82) is 0 Å². The second-order valence-corrected chi connectivity index (χ2v) is 5.08. The summed E-state index contributed by atoms with van der Waals surface area (Å²) in [6.07, 6.45) is 7.03. The molecule has 0 amide bonds. The van der Waals surface area contributed by atoms with Gasteiger partial charge in [0.1, 0.15) is 11.6 Å². The summed E-state index contributed by atoms with van der Waals surface area (Å²) in [6, 6.07) is 3.57. The molecule has 2 bridgehead atoms. The topological polar surface area (TPSA) is 12.0 Å². The molecule has 3 rings (SSSR count). The predicted molar refractivity (Wildman–Crippen MR) is 63.7 cm³/mol. The van der Waals surface area contributed by atoms with E-state index >= 15 is 0 Å². The molecule has 1 N–H and O–H groups in total. The van der Waals surface area contributed by atoms with Gasteiger partial charge >= 0.3 is 0 Å². The molecule has 3 unspecified atom stereocenters. The molecule has 0 heterocycles. The molecule has 1 aromatic carbocycles. The van der Waals surface area contributed by atoms with Crippen LogP contribution in [0.1, 0.15) is 12.8 Å². The van der Waals surface area contributed by atoms with Crippen LogP contribution in [0.4, 0.5) is 14.5 Å². The van der Waals surface area contributed by atoms with Gasteiger partial charge in [0, 0.05) is 18.3 Å². The van der Waals surface area contributed by atoms with Gasteiger partial charge in [0.05, 0.1) is 0 Å². The number of anilines is 1. The van der Waals surface area contributed by atoms with Gasteiger partial charge in [-0.3, -0.25) is 0 Å². The Bertz CT molecular complexity index is 435. The molecule has 0 saturated heterocycles. The zero-order valence-corrected chi connectivity index (χ0v) is 9.50. The third-order valence-electron chi connectivity index (χ3n) is 3.85. The summed E-state index contributed by atoms with van der Waals surface area (Å²) in [4.78, 5) is 0. The third-order valence-corrected chi connectivity index (χ3v) is 3.85. The van der Waals surface area contributed by atoms with Gasteiger partial charge in [0.2, 0.25) is 0 Å². The van der Waals surface area contributed by atoms with E-state index < -0.39 is 11.6 Å². The first-order chi connectivity index (χ1) is 8.20. The Kier molecular flexibility index (Phi) is 2.61. The van der Waals surface area contributed by atoms with Gasteiger partial charge in [0.15, 0.2) is 0 Å². The first kappa shape index (κ1) is 10.8. The molecular weight excluding hydrogens is 220 g/mol. The van der Waals surface area contributed by atoms with Crippen molar-refractivity contribution in [1.82, 2.24) is 0 Å². The Labute approximate surface area is 99.5 Å². The quantitative estimate of drug-likeness (QED) is 0.789. The fourth-order valence-corrected chi connectivity index (χ4v) is 3.03. The molecule has 1 aromatic rings. The van der Waals surface area contributed by atoms with Crippen molar-refractivity contribution in [3.63, 3.8) is 0 Å². The second kappa shape index (κ2) is 4.13. The van der Waals surface area contributed by atoms with E-state index in [1.165, 1.54) is 25.0 Å². The Balaban J connectivity index is 1.62. The van der Waals surface area contributed by atoms with Crippen LogP contribution < -0.4 is 5.32 Å². The number of hydrogen-bond acceptors (Lipinski definition) is 1. The molecule has 0 spiro atoms. The minimum absolute atomic E-state index is 0.527. The normalized spacial score (nSPS) is 29.9. The van der Waals surface area contributed by atoms with Crippen molar-refractivity contribution in [2.75, 3.05) is 11.9 Å². The molecule has 1 nitrogen and oxygen atoms in total. The van der Waals surface area contributed by atoms with Gasteiger partial charge in [-0.2, -0.15) is 0 Å². The number of fused-ring (bicyclic) bond motifs is 2. The third kappa shape index (κ3) is 2.19. The summed E-state index contributed by atoms with van der Waals surface area (Å²) in [5.41, 5.74) is 0.536. The SMILES string of the molecule is Fc1cc(F)cc(NCC2CC3C=CC2C3)c1. The van der Waals surface area contributed by atoms with E-state index in [9.17, 15) is 8.78 Å². The largest absolute Gasteiger partial charge is 0.385 e. The fraction of sp³-hybridized carbons (Fsp3) is 0.429. The number of hydrogen-bond donors (Lipinski definition) is 1. The lowest BCUT2D eigenvalue weighted by atomic mass is 9.93. The van der Waals surface area contributed by atoms with Gasteiger partial charge in [-0.1, -0.05) is 12.2 Å². The standard InChI is InChI=1S/C14H15F2N/c15-12-5-13(16)7-14(6-12)17-8-11-4-9-1-2-10(11)3-9/h1-2,5-7,9-11,17H,3-4,8H2. The summed E-state index contributed by atoms with van der Waals surface area (Å²) in [5, 5.41) is 3.14. The van der Waals surface area contributed by atoms with Crippen LogP contribution >= 0.6 is 0 Å². The molecule has 2 aliphatic carbocycles. The average Bonchev–Trinajstić information content (AvgIpc) is 2.86. The Hall–Kier alpha value is -1.38. The van der Waals surface area contributed by atoms with Crippen molar-refractivity contribution < 1.29 is 8.78 Å². The summed E-state index contributed by atoms with van der Waals surface area (Å²) in [7, 11) is 0. The highest BCUT2D eigenvalue weighted by molar-refractivity contribution is 5.43. The van der Waals surface area contributed by atoms with Crippen LogP contribution in [0.5, 0.6) is 0 Å². The van der Waals surface area contributed by atoms with Crippen LogP contribution in [0, 0.1) is 29.4 Å². The predicted octanol–water partition coefficient (Wildman–Crippen LogP) is 3.59. The summed E-state index contributed by atoms with van der Waals surface area (Å²) < 4.78 is 26.0. The van der Waals surface area contributed by atoms with Crippen molar-refractivity contribution >= 4 is 5.69 Å². The monoisotopic (exact) mass is 235 g/mol. The van der Waals surface area contributed by atoms with Gasteiger partial charge in [0.25, 0.3) is 0 Å². The van der Waals surface area contributed by atoms with Gasteiger partial charge in [-0.05, 0) is 42.7 Å². The lowest BCUT2D eigenvalue weighted by molar-refractivity contribution is 0.471. The molecule has 1 fully saturated rings. The highest BCUT2D eigenvalue weighted by Gasteiger charge is 2.35. The second-order valence-electron chi connectivity index (χ2n) is 5.08. The maximum Gasteiger partial charge on any atom is 0.128 e. The lowest BCUT2D eigenvalue weighted by Crippen LogP contribution is -2.18. The maximum absolute atomic E-state index is 13.0. The molecule has 90 valence electrons. The van der Waals surface area contributed by atoms with E-state index in [2.05, 4.69) is 17.5 Å². The fourth-order valence-electron chi connectivity index (χ4n) is 3.03. The molecule has 17 heavy (non-hydrogen) atoms. The highest BCUT2D eigenvalue weighted by Crippen LogP contribution is 2.43. The van der Waals surface area contributed by atoms with Crippen molar-refractivity contribution in [3.05, 3.63) is 42.0 Å². The Morgan fingerprint density at radius 3 is 2.41 bits per heavy atom. The Morgan fingerprint density at radius 2 is 1.82 bits per heavy atom. The first-order valence-corrected chi connectivity index (χ1v) is 6.09. The number of nitrogens with one attached hydrogen (secondary N) is 1. The number of rotatable bonds is 3. The average molecular weight is 235 g/mol. The van der Waals surface area contributed by atoms with E-state index in [4.69, 9.17) is 0 Å². The minimum Gasteiger partial charge on any atom is -0.385 e. The molecule has 0 aliphatic heterocycles. The van der Waals surface area contributed by atoms with Crippen molar-refractivity contribution in [2.24, 2.45) is 17.8 Å². The molecule has 3 heteroatoms. The van der Waals surface area contributed by atoms with Crippen LogP contribution in [-0.2, 0) is 0 Å². The minimum atomic E-state index is -0.527. The van der Waals surface area contributed by atoms with E-state index in [-0.39, 0.29) is 0 Å². The number of halogens is 2. The molecule has 3 atom stereocenters. The van der Waals surface area contributed by atoms with Gasteiger partial charge in [-0.25, -0.2) is 8.78 Å². The van der Waals surface area contributed by atoms with Crippen LogP contribution in [0.3, 0.4) is 0 Å². The van der Waals surface area contributed by atoms with Crippen molar-refractivity contribution in [3.8, 4) is 0 Å². The van der Waals surface area contributed by atoms with Gasteiger partial charge in [-0.15, -0.1) is 0 Å². The lowest BCUT2D eigenvalue weighted by Gasteiger charge is -2.19. The molecule has 1 saturated carbocycles. The van der Waals surface area contributed by atoms with Crippen LogP contribution in [0.25, 0.3) is 0 Å². The highest BCUT2D eigenvalue weighted by atomic mass is 19.1. The maximum atomic E-state index is 13.0. The van der Waals surface area contributed by atoms with E-state index in [1.807, 2.05) is 0 Å². The Morgan fingerprint density at radius 1 is 1.06 bits per heavy atom. The smallest absolute Gasteiger partial charge is 0.128 e. The summed E-state index contributed by atoms with van der Waals surface area (Å²) in [5.74, 6) is 0.943. The number of allylic oxidation sites excluding steroid dienone is 2. The molecule has 2 aliphatic rings. The van der Waals surface area contributed by atoms with Crippen LogP contribution in [0.2, 0.25) is 0 Å². The molecule has 0 aromatic heterocycles. The number of benzene rings is 1. The van der Waals surface area contributed by atoms with E-state index in [1.54, 1.807) is 0 Å². The molecule has 0 radical (unpaired) electrons. The first-order valence-electron chi connectivity index (χ1n) is 6.09. The van der Waals surface area contributed by atoms with Gasteiger partial charge < -0.3 is 5.32 Å². The molecular formula is C14H15F2N. The van der Waals surface area contributed by atoms with Crippen LogP contribution in [-0.4, -0.2) is 6.54 Å². The summed E-state index contributed by atoms with van der Waals surface area (Å²) in [6.45, 7) is 0.800. The van der Waals surface area contributed by atoms with Crippen molar-refractivity contribution in [2.45, 2.75) is 12.8 Å². The van der Waals surface area contributed by atoms with Crippen LogP contribution in [0.15, 0.2) is 30.4 Å². The van der Waals surface area contributed by atoms with E-state index in [0.29, 0.717) is 17.5 Å². The zero-order chi connectivity index (χ0) is 11.8. The summed E-state index contributed by atoms with van der Waals surface area (Å²) >= 11 is 0.